The number of aromatic amines is 1. The second kappa shape index (κ2) is 6.32. The summed E-state index contributed by atoms with van der Waals surface area (Å²) in [6.07, 6.45) is 3.10. The van der Waals surface area contributed by atoms with E-state index in [0.717, 1.165) is 19.3 Å². The highest BCUT2D eigenvalue weighted by molar-refractivity contribution is 6.04. The fraction of sp³-hybridized carbons (Fsp3) is 0.400. The second-order valence-corrected chi connectivity index (χ2v) is 4.96. The molecule has 2 rings (SSSR count). The van der Waals surface area contributed by atoms with Crippen molar-refractivity contribution >= 4 is 16.7 Å². The summed E-state index contributed by atoms with van der Waals surface area (Å²) in [5, 5.41) is 10.2. The largest absolute Gasteiger partial charge is 0.348 e. The van der Waals surface area contributed by atoms with Gasteiger partial charge in [-0.1, -0.05) is 38.0 Å². The maximum Gasteiger partial charge on any atom is 0.272 e. The van der Waals surface area contributed by atoms with Gasteiger partial charge in [0.2, 0.25) is 0 Å². The Bertz CT molecular complexity index is 663. The minimum absolute atomic E-state index is 0.0925. The first-order valence-corrected chi connectivity index (χ1v) is 6.91. The van der Waals surface area contributed by atoms with E-state index in [1.54, 1.807) is 24.3 Å². The quantitative estimate of drug-likeness (QED) is 0.877. The third-order valence-corrected chi connectivity index (χ3v) is 3.28. The van der Waals surface area contributed by atoms with Crippen molar-refractivity contribution in [2.45, 2.75) is 39.2 Å². The van der Waals surface area contributed by atoms with Crippen molar-refractivity contribution in [2.24, 2.45) is 0 Å². The van der Waals surface area contributed by atoms with Gasteiger partial charge in [0, 0.05) is 11.4 Å². The number of hydrogen-bond donors (Lipinski definition) is 2. The van der Waals surface area contributed by atoms with E-state index in [4.69, 9.17) is 0 Å². The van der Waals surface area contributed by atoms with Gasteiger partial charge in [0.05, 0.1) is 5.39 Å². The Hall–Kier alpha value is -2.17. The SMILES string of the molecule is CCCCC(C)NC(=O)c1n[nH]c(=O)c2ccccc12. The van der Waals surface area contributed by atoms with Gasteiger partial charge in [-0.25, -0.2) is 5.10 Å². The van der Waals surface area contributed by atoms with E-state index in [-0.39, 0.29) is 23.2 Å². The molecule has 2 N–H and O–H groups in total. The maximum atomic E-state index is 12.2. The fourth-order valence-corrected chi connectivity index (χ4v) is 2.16. The molecule has 0 spiro atoms. The van der Waals surface area contributed by atoms with Crippen LogP contribution in [0.1, 0.15) is 43.6 Å². The lowest BCUT2D eigenvalue weighted by molar-refractivity contribution is 0.0933. The van der Waals surface area contributed by atoms with Gasteiger partial charge < -0.3 is 5.32 Å². The van der Waals surface area contributed by atoms with Gasteiger partial charge >= 0.3 is 0 Å². The van der Waals surface area contributed by atoms with Crippen LogP contribution < -0.4 is 10.9 Å². The van der Waals surface area contributed by atoms with Crippen LogP contribution in [0.4, 0.5) is 0 Å². The van der Waals surface area contributed by atoms with E-state index in [2.05, 4.69) is 22.4 Å². The molecule has 0 bridgehead atoms. The molecule has 0 radical (unpaired) electrons. The van der Waals surface area contributed by atoms with Crippen LogP contribution in [0.5, 0.6) is 0 Å². The van der Waals surface area contributed by atoms with Crippen LogP contribution in [0.3, 0.4) is 0 Å². The Balaban J connectivity index is 2.27. The zero-order chi connectivity index (χ0) is 14.5. The summed E-state index contributed by atoms with van der Waals surface area (Å²) in [4.78, 5) is 23.9. The van der Waals surface area contributed by atoms with E-state index >= 15 is 0 Å². The summed E-state index contributed by atoms with van der Waals surface area (Å²) in [7, 11) is 0. The van der Waals surface area contributed by atoms with Crippen molar-refractivity contribution in [3.63, 3.8) is 0 Å². The molecular formula is C15H19N3O2. The zero-order valence-electron chi connectivity index (χ0n) is 11.8. The van der Waals surface area contributed by atoms with Gasteiger partial charge in [-0.3, -0.25) is 9.59 Å². The smallest absolute Gasteiger partial charge is 0.272 e. The lowest BCUT2D eigenvalue weighted by atomic mass is 10.1. The molecule has 5 heteroatoms. The van der Waals surface area contributed by atoms with Crippen LogP contribution in [0, 0.1) is 0 Å². The number of aromatic nitrogens is 2. The molecule has 1 atom stereocenters. The van der Waals surface area contributed by atoms with Crippen molar-refractivity contribution < 1.29 is 4.79 Å². The van der Waals surface area contributed by atoms with Crippen molar-refractivity contribution in [3.8, 4) is 0 Å². The summed E-state index contributed by atoms with van der Waals surface area (Å²) in [5.41, 5.74) is -0.0141. The number of amides is 1. The van der Waals surface area contributed by atoms with Crippen molar-refractivity contribution in [1.82, 2.24) is 15.5 Å². The topological polar surface area (TPSA) is 74.8 Å². The Labute approximate surface area is 117 Å². The maximum absolute atomic E-state index is 12.2. The molecule has 106 valence electrons. The van der Waals surface area contributed by atoms with Crippen LogP contribution in [0.25, 0.3) is 10.8 Å². The monoisotopic (exact) mass is 273 g/mol. The van der Waals surface area contributed by atoms with E-state index in [1.807, 2.05) is 6.92 Å². The number of unbranched alkanes of at least 4 members (excludes halogenated alkanes) is 1. The number of benzene rings is 1. The molecule has 20 heavy (non-hydrogen) atoms. The van der Waals surface area contributed by atoms with Crippen LogP contribution in [0.15, 0.2) is 29.1 Å². The number of H-pyrrole nitrogens is 1. The van der Waals surface area contributed by atoms with Gasteiger partial charge in [-0.05, 0) is 19.4 Å². The second-order valence-electron chi connectivity index (χ2n) is 4.96. The normalized spacial score (nSPS) is 12.3. The number of hydrogen-bond acceptors (Lipinski definition) is 3. The van der Waals surface area contributed by atoms with Crippen molar-refractivity contribution in [1.29, 1.82) is 0 Å². The molecule has 1 aromatic carbocycles. The van der Waals surface area contributed by atoms with Crippen LogP contribution in [-0.2, 0) is 0 Å². The molecule has 0 aliphatic carbocycles. The summed E-state index contributed by atoms with van der Waals surface area (Å²) >= 11 is 0. The Morgan fingerprint density at radius 1 is 1.35 bits per heavy atom. The average molecular weight is 273 g/mol. The van der Waals surface area contributed by atoms with E-state index in [0.29, 0.717) is 10.8 Å². The predicted molar refractivity (Wildman–Crippen MR) is 78.8 cm³/mol. The standard InChI is InChI=1S/C15H19N3O2/c1-3-4-7-10(2)16-15(20)13-11-8-5-6-9-12(11)14(19)18-17-13/h5-6,8-10H,3-4,7H2,1-2H3,(H,16,20)(H,18,19). The Kier molecular flexibility index (Phi) is 4.50. The van der Waals surface area contributed by atoms with Gasteiger partial charge in [-0.2, -0.15) is 5.10 Å². The molecule has 0 aliphatic heterocycles. The number of nitrogens with zero attached hydrogens (tertiary/aromatic N) is 1. The molecule has 1 aromatic heterocycles. The lowest BCUT2D eigenvalue weighted by Crippen LogP contribution is -2.34. The highest BCUT2D eigenvalue weighted by atomic mass is 16.2. The molecule has 0 fully saturated rings. The van der Waals surface area contributed by atoms with E-state index in [9.17, 15) is 9.59 Å². The summed E-state index contributed by atoms with van der Waals surface area (Å²) < 4.78 is 0. The third kappa shape index (κ3) is 3.04. The number of rotatable bonds is 5. The highest BCUT2D eigenvalue weighted by Crippen LogP contribution is 2.12. The number of fused-ring (bicyclic) bond motifs is 1. The summed E-state index contributed by atoms with van der Waals surface area (Å²) in [5.74, 6) is -0.249. The Morgan fingerprint density at radius 2 is 2.05 bits per heavy atom. The number of carbonyl (C=O) groups excluding carboxylic acids is 1. The predicted octanol–water partition coefficient (Wildman–Crippen LogP) is 2.23. The zero-order valence-corrected chi connectivity index (χ0v) is 11.8. The van der Waals surface area contributed by atoms with Crippen LogP contribution in [-0.4, -0.2) is 22.1 Å². The fourth-order valence-electron chi connectivity index (χ4n) is 2.16. The molecular weight excluding hydrogens is 254 g/mol. The molecule has 5 nitrogen and oxygen atoms in total. The minimum atomic E-state index is -0.281. The van der Waals surface area contributed by atoms with Gasteiger partial charge in [0.25, 0.3) is 11.5 Å². The molecule has 1 unspecified atom stereocenters. The molecule has 0 aliphatic rings. The van der Waals surface area contributed by atoms with Gasteiger partial charge in [-0.15, -0.1) is 0 Å². The van der Waals surface area contributed by atoms with E-state index < -0.39 is 0 Å². The summed E-state index contributed by atoms with van der Waals surface area (Å²) in [6, 6.07) is 7.08. The van der Waals surface area contributed by atoms with Gasteiger partial charge in [0.1, 0.15) is 0 Å². The number of nitrogens with one attached hydrogen (secondary N) is 2. The minimum Gasteiger partial charge on any atom is -0.348 e. The van der Waals surface area contributed by atoms with Gasteiger partial charge in [0.15, 0.2) is 5.69 Å². The third-order valence-electron chi connectivity index (χ3n) is 3.28. The molecule has 1 amide bonds. The molecule has 0 saturated heterocycles. The van der Waals surface area contributed by atoms with Crippen LogP contribution >= 0.6 is 0 Å². The van der Waals surface area contributed by atoms with Crippen molar-refractivity contribution in [2.75, 3.05) is 0 Å². The first-order chi connectivity index (χ1) is 9.63. The first-order valence-electron chi connectivity index (χ1n) is 6.91. The molecule has 2 aromatic rings. The van der Waals surface area contributed by atoms with E-state index in [1.165, 1.54) is 0 Å². The van der Waals surface area contributed by atoms with Crippen molar-refractivity contribution in [3.05, 3.63) is 40.3 Å². The number of carbonyl (C=O) groups is 1. The average Bonchev–Trinajstić information content (AvgIpc) is 2.45. The highest BCUT2D eigenvalue weighted by Gasteiger charge is 2.15. The lowest BCUT2D eigenvalue weighted by Gasteiger charge is -2.13. The molecule has 0 saturated carbocycles. The Morgan fingerprint density at radius 3 is 2.75 bits per heavy atom. The first kappa shape index (κ1) is 14.2. The van der Waals surface area contributed by atoms with Crippen LogP contribution in [0.2, 0.25) is 0 Å². The molecule has 1 heterocycles. The summed E-state index contributed by atoms with van der Waals surface area (Å²) in [6.45, 7) is 4.09.